The molecule has 0 aromatic carbocycles. The van der Waals surface area contributed by atoms with Gasteiger partial charge in [0.25, 0.3) is 0 Å². The Labute approximate surface area is 166 Å². The number of hydrogen-bond acceptors (Lipinski definition) is 7. The van der Waals surface area contributed by atoms with Gasteiger partial charge in [-0.2, -0.15) is 0 Å². The zero-order valence-corrected chi connectivity index (χ0v) is 17.1. The SMILES string of the molecule is CC[C@H](Sc1nnc(-c2ccncc2)n1CC(C)C)C(=O)Nc1nccs1. The minimum Gasteiger partial charge on any atom is -0.302 e. The highest BCUT2D eigenvalue weighted by atomic mass is 32.2. The number of nitrogens with zero attached hydrogens (tertiary/aromatic N) is 5. The molecule has 3 aromatic heterocycles. The molecule has 3 rings (SSSR count). The molecule has 0 aliphatic heterocycles. The lowest BCUT2D eigenvalue weighted by molar-refractivity contribution is -0.115. The first-order valence-electron chi connectivity index (χ1n) is 8.79. The van der Waals surface area contributed by atoms with Crippen molar-refractivity contribution >= 4 is 34.1 Å². The molecule has 0 bridgehead atoms. The molecule has 0 fully saturated rings. The molecular weight excluding hydrogens is 380 g/mol. The molecule has 9 heteroatoms. The molecule has 1 N–H and O–H groups in total. The molecule has 0 aliphatic rings. The number of nitrogens with one attached hydrogen (secondary N) is 1. The summed E-state index contributed by atoms with van der Waals surface area (Å²) in [5.74, 6) is 1.15. The van der Waals surface area contributed by atoms with E-state index < -0.39 is 0 Å². The van der Waals surface area contributed by atoms with Crippen LogP contribution in [0.25, 0.3) is 11.4 Å². The van der Waals surface area contributed by atoms with Gasteiger partial charge in [0.15, 0.2) is 16.1 Å². The Bertz CT molecular complexity index is 863. The number of anilines is 1. The molecule has 3 heterocycles. The van der Waals surface area contributed by atoms with Crippen molar-refractivity contribution in [3.63, 3.8) is 0 Å². The van der Waals surface area contributed by atoms with Crippen molar-refractivity contribution in [2.24, 2.45) is 5.92 Å². The molecule has 3 aromatic rings. The van der Waals surface area contributed by atoms with Crippen molar-refractivity contribution in [1.82, 2.24) is 24.7 Å². The summed E-state index contributed by atoms with van der Waals surface area (Å²) in [7, 11) is 0. The molecule has 0 spiro atoms. The van der Waals surface area contributed by atoms with Crippen molar-refractivity contribution in [2.45, 2.75) is 44.1 Å². The van der Waals surface area contributed by atoms with Gasteiger partial charge in [-0.25, -0.2) is 4.98 Å². The summed E-state index contributed by atoms with van der Waals surface area (Å²) < 4.78 is 2.09. The number of carbonyl (C=O) groups excluding carboxylic acids is 1. The summed E-state index contributed by atoms with van der Waals surface area (Å²) in [4.78, 5) is 20.8. The van der Waals surface area contributed by atoms with Gasteiger partial charge in [0, 0.05) is 36.1 Å². The van der Waals surface area contributed by atoms with Crippen LogP contribution >= 0.6 is 23.1 Å². The normalized spacial score (nSPS) is 12.3. The average molecular weight is 403 g/mol. The fraction of sp³-hybridized carbons (Fsp3) is 0.389. The van der Waals surface area contributed by atoms with Crippen LogP contribution in [-0.2, 0) is 11.3 Å². The number of amides is 1. The molecule has 1 amide bonds. The van der Waals surface area contributed by atoms with Gasteiger partial charge < -0.3 is 9.88 Å². The Balaban J connectivity index is 1.84. The number of aromatic nitrogens is 5. The Morgan fingerprint density at radius 1 is 1.26 bits per heavy atom. The molecule has 0 radical (unpaired) electrons. The maximum Gasteiger partial charge on any atom is 0.239 e. The van der Waals surface area contributed by atoms with Gasteiger partial charge in [-0.1, -0.05) is 32.5 Å². The van der Waals surface area contributed by atoms with E-state index in [4.69, 9.17) is 0 Å². The van der Waals surface area contributed by atoms with Crippen molar-refractivity contribution < 1.29 is 4.79 Å². The van der Waals surface area contributed by atoms with Gasteiger partial charge in [0.2, 0.25) is 5.91 Å². The van der Waals surface area contributed by atoms with Crippen LogP contribution < -0.4 is 5.32 Å². The first kappa shape index (κ1) is 19.5. The molecule has 27 heavy (non-hydrogen) atoms. The van der Waals surface area contributed by atoms with Gasteiger partial charge in [0.1, 0.15) is 0 Å². The zero-order chi connectivity index (χ0) is 19.2. The molecular formula is C18H22N6OS2. The van der Waals surface area contributed by atoms with Crippen LogP contribution in [0.1, 0.15) is 27.2 Å². The van der Waals surface area contributed by atoms with E-state index in [1.54, 1.807) is 18.6 Å². The molecule has 0 saturated heterocycles. The Hall–Kier alpha value is -2.26. The smallest absolute Gasteiger partial charge is 0.239 e. The summed E-state index contributed by atoms with van der Waals surface area (Å²) in [6.45, 7) is 7.07. The second kappa shape index (κ2) is 9.09. The summed E-state index contributed by atoms with van der Waals surface area (Å²) in [6.07, 6.45) is 5.84. The molecule has 0 unspecified atom stereocenters. The Morgan fingerprint density at radius 3 is 2.67 bits per heavy atom. The quantitative estimate of drug-likeness (QED) is 0.574. The van der Waals surface area contributed by atoms with Crippen molar-refractivity contribution in [3.8, 4) is 11.4 Å². The number of carbonyl (C=O) groups is 1. The van der Waals surface area contributed by atoms with E-state index in [0.717, 1.165) is 23.1 Å². The predicted octanol–water partition coefficient (Wildman–Crippen LogP) is 3.96. The van der Waals surface area contributed by atoms with E-state index in [-0.39, 0.29) is 11.2 Å². The van der Waals surface area contributed by atoms with Gasteiger partial charge in [-0.15, -0.1) is 21.5 Å². The van der Waals surface area contributed by atoms with E-state index in [2.05, 4.69) is 43.9 Å². The second-order valence-corrected chi connectivity index (χ2v) is 8.45. The van der Waals surface area contributed by atoms with Crippen LogP contribution in [0.3, 0.4) is 0 Å². The van der Waals surface area contributed by atoms with E-state index in [1.807, 2.05) is 24.4 Å². The van der Waals surface area contributed by atoms with E-state index >= 15 is 0 Å². The van der Waals surface area contributed by atoms with Crippen molar-refractivity contribution in [3.05, 3.63) is 36.1 Å². The van der Waals surface area contributed by atoms with Crippen LogP contribution in [0.15, 0.2) is 41.3 Å². The van der Waals surface area contributed by atoms with Gasteiger partial charge in [-0.3, -0.25) is 9.78 Å². The first-order valence-corrected chi connectivity index (χ1v) is 10.5. The molecule has 1 atom stereocenters. The topological polar surface area (TPSA) is 85.6 Å². The third-order valence-corrected chi connectivity index (χ3v) is 5.81. The van der Waals surface area contributed by atoms with E-state index in [0.29, 0.717) is 17.5 Å². The van der Waals surface area contributed by atoms with Crippen LogP contribution in [-0.4, -0.2) is 35.9 Å². The number of thioether (sulfide) groups is 1. The molecule has 7 nitrogen and oxygen atoms in total. The number of thiazole rings is 1. The monoisotopic (exact) mass is 402 g/mol. The largest absolute Gasteiger partial charge is 0.302 e. The van der Waals surface area contributed by atoms with Crippen LogP contribution in [0.2, 0.25) is 0 Å². The number of hydrogen-bond donors (Lipinski definition) is 1. The number of pyridine rings is 1. The minimum absolute atomic E-state index is 0.0676. The van der Waals surface area contributed by atoms with Crippen LogP contribution in [0.4, 0.5) is 5.13 Å². The minimum atomic E-state index is -0.269. The molecule has 0 saturated carbocycles. The summed E-state index contributed by atoms with van der Waals surface area (Å²) in [5.41, 5.74) is 0.963. The second-order valence-electron chi connectivity index (χ2n) is 6.39. The Kier molecular flexibility index (Phi) is 6.57. The maximum absolute atomic E-state index is 12.6. The highest BCUT2D eigenvalue weighted by Crippen LogP contribution is 2.29. The third-order valence-electron chi connectivity index (χ3n) is 3.78. The standard InChI is InChI=1S/C18H22N6OS2/c1-4-14(16(25)21-17-20-9-10-26-17)27-18-23-22-15(24(18)11-12(2)3)13-5-7-19-8-6-13/h5-10,12,14H,4,11H2,1-3H3,(H,20,21,25)/t14-/m0/s1. The molecule has 0 aliphatic carbocycles. The summed E-state index contributed by atoms with van der Waals surface area (Å²) in [5, 5.41) is 14.6. The van der Waals surface area contributed by atoms with Crippen molar-refractivity contribution in [1.29, 1.82) is 0 Å². The fourth-order valence-corrected chi connectivity index (χ4v) is 4.04. The van der Waals surface area contributed by atoms with E-state index in [9.17, 15) is 4.79 Å². The average Bonchev–Trinajstić information content (AvgIpc) is 3.30. The van der Waals surface area contributed by atoms with Crippen LogP contribution in [0, 0.1) is 5.92 Å². The number of rotatable bonds is 8. The highest BCUT2D eigenvalue weighted by molar-refractivity contribution is 8.00. The predicted molar refractivity (Wildman–Crippen MR) is 109 cm³/mol. The van der Waals surface area contributed by atoms with Gasteiger partial charge >= 0.3 is 0 Å². The van der Waals surface area contributed by atoms with Crippen molar-refractivity contribution in [2.75, 3.05) is 5.32 Å². The summed E-state index contributed by atoms with van der Waals surface area (Å²) >= 11 is 2.85. The fourth-order valence-electron chi connectivity index (χ4n) is 2.54. The Morgan fingerprint density at radius 2 is 2.04 bits per heavy atom. The lowest BCUT2D eigenvalue weighted by Crippen LogP contribution is -2.25. The highest BCUT2D eigenvalue weighted by Gasteiger charge is 2.24. The van der Waals surface area contributed by atoms with Gasteiger partial charge in [-0.05, 0) is 24.5 Å². The third kappa shape index (κ3) is 4.92. The first-order chi connectivity index (χ1) is 13.1. The van der Waals surface area contributed by atoms with Crippen LogP contribution in [0.5, 0.6) is 0 Å². The lowest BCUT2D eigenvalue weighted by atomic mass is 10.2. The maximum atomic E-state index is 12.6. The summed E-state index contributed by atoms with van der Waals surface area (Å²) in [6, 6.07) is 3.84. The van der Waals surface area contributed by atoms with E-state index in [1.165, 1.54) is 23.1 Å². The van der Waals surface area contributed by atoms with Gasteiger partial charge in [0.05, 0.1) is 5.25 Å². The lowest BCUT2D eigenvalue weighted by Gasteiger charge is -2.16. The molecule has 142 valence electrons. The zero-order valence-electron chi connectivity index (χ0n) is 15.5.